The molecule has 0 saturated carbocycles. The molecule has 1 aromatic rings. The molecule has 2 rings (SSSR count). The van der Waals surface area contributed by atoms with Gasteiger partial charge in [0.25, 0.3) is 5.91 Å². The molecule has 0 unspecified atom stereocenters. The van der Waals surface area contributed by atoms with Crippen molar-refractivity contribution < 1.29 is 9.90 Å². The molecule has 1 aliphatic heterocycles. The number of hydrogen-bond acceptors (Lipinski definition) is 3. The van der Waals surface area contributed by atoms with Gasteiger partial charge in [-0.2, -0.15) is 0 Å². The van der Waals surface area contributed by atoms with Gasteiger partial charge in [-0.15, -0.1) is 0 Å². The number of amides is 1. The molecule has 1 aromatic heterocycles. The Bertz CT molecular complexity index is 342. The van der Waals surface area contributed by atoms with E-state index >= 15 is 0 Å². The molecule has 76 valence electrons. The first-order chi connectivity index (χ1) is 6.70. The minimum absolute atomic E-state index is 0.0460. The Kier molecular flexibility index (Phi) is 2.25. The topological polar surface area (TPSA) is 58.4 Å². The number of aromatic nitrogens is 2. The third-order valence-corrected chi connectivity index (χ3v) is 2.43. The fourth-order valence-corrected chi connectivity index (χ4v) is 1.54. The molecule has 0 atom stereocenters. The van der Waals surface area contributed by atoms with Crippen LogP contribution in [0.25, 0.3) is 0 Å². The van der Waals surface area contributed by atoms with E-state index in [9.17, 15) is 4.79 Å². The van der Waals surface area contributed by atoms with Gasteiger partial charge in [0.1, 0.15) is 5.69 Å². The SMILES string of the molecule is Cn1cnc(C(=O)N2CC(CO)C2)c1. The van der Waals surface area contributed by atoms with Crippen LogP contribution in [0.15, 0.2) is 12.5 Å². The maximum atomic E-state index is 11.7. The normalized spacial score (nSPS) is 16.9. The Hall–Kier alpha value is -1.36. The molecular formula is C9H13N3O2. The van der Waals surface area contributed by atoms with Crippen LogP contribution in [0.1, 0.15) is 10.5 Å². The van der Waals surface area contributed by atoms with Gasteiger partial charge < -0.3 is 14.6 Å². The van der Waals surface area contributed by atoms with Crippen LogP contribution in [0.4, 0.5) is 0 Å². The number of rotatable bonds is 2. The third kappa shape index (κ3) is 1.50. The number of nitrogens with zero attached hydrogens (tertiary/aromatic N) is 3. The van der Waals surface area contributed by atoms with E-state index in [2.05, 4.69) is 4.98 Å². The molecule has 14 heavy (non-hydrogen) atoms. The fourth-order valence-electron chi connectivity index (χ4n) is 1.54. The Morgan fingerprint density at radius 1 is 1.71 bits per heavy atom. The second-order valence-electron chi connectivity index (χ2n) is 3.68. The van der Waals surface area contributed by atoms with Crippen LogP contribution in [0.2, 0.25) is 0 Å². The van der Waals surface area contributed by atoms with Gasteiger partial charge in [-0.1, -0.05) is 0 Å². The Balaban J connectivity index is 1.97. The van der Waals surface area contributed by atoms with Crippen molar-refractivity contribution in [2.24, 2.45) is 13.0 Å². The van der Waals surface area contributed by atoms with Crippen molar-refractivity contribution in [3.63, 3.8) is 0 Å². The number of hydrogen-bond donors (Lipinski definition) is 1. The Morgan fingerprint density at radius 3 is 2.93 bits per heavy atom. The van der Waals surface area contributed by atoms with Crippen molar-refractivity contribution in [2.45, 2.75) is 0 Å². The molecular weight excluding hydrogens is 182 g/mol. The molecule has 5 nitrogen and oxygen atoms in total. The lowest BCUT2D eigenvalue weighted by molar-refractivity contribution is 0.0357. The molecule has 1 N–H and O–H groups in total. The molecule has 1 amide bonds. The predicted molar refractivity (Wildman–Crippen MR) is 49.7 cm³/mol. The van der Waals surface area contributed by atoms with E-state index in [1.807, 2.05) is 7.05 Å². The Morgan fingerprint density at radius 2 is 2.43 bits per heavy atom. The number of aryl methyl sites for hydroxylation is 1. The van der Waals surface area contributed by atoms with E-state index in [1.54, 1.807) is 22.0 Å². The van der Waals surface area contributed by atoms with Gasteiger partial charge in [-0.05, 0) is 0 Å². The molecule has 1 fully saturated rings. The lowest BCUT2D eigenvalue weighted by atomic mass is 10.0. The van der Waals surface area contributed by atoms with E-state index < -0.39 is 0 Å². The number of carbonyl (C=O) groups is 1. The number of aliphatic hydroxyl groups excluding tert-OH is 1. The van der Waals surface area contributed by atoms with Crippen LogP contribution in [0.3, 0.4) is 0 Å². The second kappa shape index (κ2) is 3.42. The minimum atomic E-state index is -0.0460. The van der Waals surface area contributed by atoms with Crippen LogP contribution < -0.4 is 0 Å². The van der Waals surface area contributed by atoms with Crippen molar-refractivity contribution in [2.75, 3.05) is 19.7 Å². The highest BCUT2D eigenvalue weighted by Crippen LogP contribution is 2.16. The highest BCUT2D eigenvalue weighted by Gasteiger charge is 2.31. The van der Waals surface area contributed by atoms with Crippen LogP contribution >= 0.6 is 0 Å². The zero-order valence-electron chi connectivity index (χ0n) is 8.05. The first kappa shape index (κ1) is 9.21. The van der Waals surface area contributed by atoms with Crippen molar-refractivity contribution >= 4 is 5.91 Å². The summed E-state index contributed by atoms with van der Waals surface area (Å²) in [6.45, 7) is 1.45. The summed E-state index contributed by atoms with van der Waals surface area (Å²) < 4.78 is 1.75. The molecule has 0 bridgehead atoms. The molecule has 5 heteroatoms. The summed E-state index contributed by atoms with van der Waals surface area (Å²) in [6, 6.07) is 0. The van der Waals surface area contributed by atoms with E-state index in [0.717, 1.165) is 0 Å². The van der Waals surface area contributed by atoms with Crippen LogP contribution in [-0.4, -0.2) is 45.2 Å². The zero-order chi connectivity index (χ0) is 10.1. The van der Waals surface area contributed by atoms with Crippen LogP contribution in [0, 0.1) is 5.92 Å². The molecule has 0 radical (unpaired) electrons. The van der Waals surface area contributed by atoms with Crippen molar-refractivity contribution in [3.8, 4) is 0 Å². The highest BCUT2D eigenvalue weighted by molar-refractivity contribution is 5.92. The smallest absolute Gasteiger partial charge is 0.274 e. The van der Waals surface area contributed by atoms with E-state index in [4.69, 9.17) is 5.11 Å². The molecule has 0 aromatic carbocycles. The average Bonchev–Trinajstić information content (AvgIpc) is 2.49. The summed E-state index contributed by atoms with van der Waals surface area (Å²) in [6.07, 6.45) is 3.31. The third-order valence-electron chi connectivity index (χ3n) is 2.43. The van der Waals surface area contributed by atoms with Gasteiger partial charge in [0, 0.05) is 38.9 Å². The van der Waals surface area contributed by atoms with Crippen molar-refractivity contribution in [3.05, 3.63) is 18.2 Å². The van der Waals surface area contributed by atoms with Gasteiger partial charge >= 0.3 is 0 Å². The summed E-state index contributed by atoms with van der Waals surface area (Å²) in [5.74, 6) is 0.206. The van der Waals surface area contributed by atoms with Crippen LogP contribution in [-0.2, 0) is 7.05 Å². The van der Waals surface area contributed by atoms with Gasteiger partial charge in [-0.25, -0.2) is 4.98 Å². The fraction of sp³-hybridized carbons (Fsp3) is 0.556. The predicted octanol–water partition coefficient (Wildman–Crippen LogP) is -0.516. The quantitative estimate of drug-likeness (QED) is 0.691. The van der Waals surface area contributed by atoms with E-state index in [-0.39, 0.29) is 18.4 Å². The monoisotopic (exact) mass is 195 g/mol. The lowest BCUT2D eigenvalue weighted by Crippen LogP contribution is -2.51. The highest BCUT2D eigenvalue weighted by atomic mass is 16.3. The summed E-state index contributed by atoms with van der Waals surface area (Å²) >= 11 is 0. The molecule has 2 heterocycles. The van der Waals surface area contributed by atoms with Crippen molar-refractivity contribution in [1.29, 1.82) is 0 Å². The van der Waals surface area contributed by atoms with Gasteiger partial charge in [0.2, 0.25) is 0 Å². The molecule has 0 aliphatic carbocycles. The largest absolute Gasteiger partial charge is 0.396 e. The van der Waals surface area contributed by atoms with Gasteiger partial charge in [0.15, 0.2) is 0 Å². The first-order valence-electron chi connectivity index (χ1n) is 4.59. The lowest BCUT2D eigenvalue weighted by Gasteiger charge is -2.37. The standard InChI is InChI=1S/C9H13N3O2/c1-11-4-8(10-6-11)9(14)12-2-7(3-12)5-13/h4,6-7,13H,2-3,5H2,1H3. The molecule has 1 aliphatic rings. The summed E-state index contributed by atoms with van der Waals surface area (Å²) in [5.41, 5.74) is 0.476. The summed E-state index contributed by atoms with van der Waals surface area (Å²) in [4.78, 5) is 17.3. The summed E-state index contributed by atoms with van der Waals surface area (Å²) in [5, 5.41) is 8.80. The van der Waals surface area contributed by atoms with Crippen molar-refractivity contribution in [1.82, 2.24) is 14.5 Å². The zero-order valence-corrected chi connectivity index (χ0v) is 8.05. The van der Waals surface area contributed by atoms with E-state index in [0.29, 0.717) is 18.8 Å². The molecule has 0 spiro atoms. The Labute approximate surface area is 82.0 Å². The number of imidazole rings is 1. The average molecular weight is 195 g/mol. The second-order valence-corrected chi connectivity index (χ2v) is 3.68. The van der Waals surface area contributed by atoms with E-state index in [1.165, 1.54) is 0 Å². The first-order valence-corrected chi connectivity index (χ1v) is 4.59. The maximum Gasteiger partial charge on any atom is 0.274 e. The van der Waals surface area contributed by atoms with Crippen LogP contribution in [0.5, 0.6) is 0 Å². The number of aliphatic hydroxyl groups is 1. The van der Waals surface area contributed by atoms with Gasteiger partial charge in [0.05, 0.1) is 6.33 Å². The molecule has 1 saturated heterocycles. The number of likely N-dealkylation sites (tertiary alicyclic amines) is 1. The minimum Gasteiger partial charge on any atom is -0.396 e. The van der Waals surface area contributed by atoms with Gasteiger partial charge in [-0.3, -0.25) is 4.79 Å². The number of carbonyl (C=O) groups excluding carboxylic acids is 1. The summed E-state index contributed by atoms with van der Waals surface area (Å²) in [7, 11) is 1.83. The maximum absolute atomic E-state index is 11.7.